The van der Waals surface area contributed by atoms with Gasteiger partial charge in [0.2, 0.25) is 0 Å². The van der Waals surface area contributed by atoms with Crippen LogP contribution in [0.2, 0.25) is 0 Å². The summed E-state index contributed by atoms with van der Waals surface area (Å²) >= 11 is 4.95. The van der Waals surface area contributed by atoms with Gasteiger partial charge in [-0.2, -0.15) is 13.2 Å². The molecule has 0 heterocycles. The van der Waals surface area contributed by atoms with Crippen LogP contribution in [0.1, 0.15) is 13.3 Å². The normalized spacial score (nSPS) is 13.4. The molecule has 0 saturated heterocycles. The highest BCUT2D eigenvalue weighted by molar-refractivity contribution is 7.80. The van der Waals surface area contributed by atoms with E-state index >= 15 is 0 Å². The molecule has 0 amide bonds. The molecule has 0 aliphatic rings. The average molecular weight is 258 g/mol. The maximum absolute atomic E-state index is 12.0. The molecule has 0 bridgehead atoms. The van der Waals surface area contributed by atoms with Crippen LogP contribution in [0, 0.1) is 0 Å². The van der Waals surface area contributed by atoms with Gasteiger partial charge in [-0.15, -0.1) is 0 Å². The number of ether oxygens (including phenoxy) is 1. The van der Waals surface area contributed by atoms with Crippen molar-refractivity contribution in [3.8, 4) is 0 Å². The minimum absolute atomic E-state index is 0.0224. The van der Waals surface area contributed by atoms with Gasteiger partial charge in [0.15, 0.2) is 5.11 Å². The van der Waals surface area contributed by atoms with Gasteiger partial charge in [-0.25, -0.2) is 0 Å². The Labute approximate surface area is 98.9 Å². The molecule has 3 nitrogen and oxygen atoms in total. The largest absolute Gasteiger partial charge is 0.390 e. The molecule has 0 radical (unpaired) electrons. The molecule has 16 heavy (non-hydrogen) atoms. The topological polar surface area (TPSA) is 24.5 Å². The summed E-state index contributed by atoms with van der Waals surface area (Å²) in [4.78, 5) is 1.37. The fourth-order valence-corrected chi connectivity index (χ4v) is 1.30. The smallest absolute Gasteiger partial charge is 0.383 e. The highest BCUT2D eigenvalue weighted by Gasteiger charge is 2.27. The van der Waals surface area contributed by atoms with Gasteiger partial charge in [-0.1, -0.05) is 0 Å². The first-order valence-electron chi connectivity index (χ1n) is 4.83. The Balaban J connectivity index is 3.90. The first-order valence-corrected chi connectivity index (χ1v) is 5.24. The Morgan fingerprint density at radius 1 is 1.50 bits per heavy atom. The Bertz CT molecular complexity index is 223. The van der Waals surface area contributed by atoms with Crippen molar-refractivity contribution < 1.29 is 17.9 Å². The highest BCUT2D eigenvalue weighted by Crippen LogP contribution is 2.19. The van der Waals surface area contributed by atoms with Crippen LogP contribution in [0.4, 0.5) is 13.2 Å². The lowest BCUT2D eigenvalue weighted by Crippen LogP contribution is -2.44. The van der Waals surface area contributed by atoms with Gasteiger partial charge in [0.05, 0.1) is 13.0 Å². The second-order valence-electron chi connectivity index (χ2n) is 3.59. The third-order valence-corrected chi connectivity index (χ3v) is 2.29. The van der Waals surface area contributed by atoms with E-state index in [1.165, 1.54) is 11.9 Å². The van der Waals surface area contributed by atoms with E-state index < -0.39 is 12.6 Å². The number of nitrogens with zero attached hydrogens (tertiary/aromatic N) is 1. The predicted octanol–water partition coefficient (Wildman–Crippen LogP) is 1.78. The third-order valence-electron chi connectivity index (χ3n) is 1.86. The molecule has 0 spiro atoms. The van der Waals surface area contributed by atoms with E-state index in [1.54, 1.807) is 7.11 Å². The van der Waals surface area contributed by atoms with Crippen molar-refractivity contribution in [1.82, 2.24) is 10.2 Å². The third kappa shape index (κ3) is 7.70. The molecule has 0 aliphatic carbocycles. The number of hydrogen-bond acceptors (Lipinski definition) is 2. The molecular formula is C9H17F3N2OS. The molecule has 7 heteroatoms. The second kappa shape index (κ2) is 6.90. The van der Waals surface area contributed by atoms with Gasteiger partial charge in [-0.05, 0) is 19.1 Å². The van der Waals surface area contributed by atoms with Gasteiger partial charge < -0.3 is 15.0 Å². The lowest BCUT2D eigenvalue weighted by Gasteiger charge is -2.24. The van der Waals surface area contributed by atoms with Crippen molar-refractivity contribution >= 4 is 17.3 Å². The van der Waals surface area contributed by atoms with E-state index in [-0.39, 0.29) is 12.6 Å². The van der Waals surface area contributed by atoms with Crippen LogP contribution < -0.4 is 5.32 Å². The van der Waals surface area contributed by atoms with Gasteiger partial charge in [0.1, 0.15) is 0 Å². The van der Waals surface area contributed by atoms with Gasteiger partial charge in [-0.3, -0.25) is 0 Å². The van der Waals surface area contributed by atoms with Crippen LogP contribution in [0.25, 0.3) is 0 Å². The molecular weight excluding hydrogens is 241 g/mol. The Hall–Kier alpha value is -0.560. The number of thiocarbonyl (C=S) groups is 1. The van der Waals surface area contributed by atoms with Crippen LogP contribution >= 0.6 is 12.2 Å². The van der Waals surface area contributed by atoms with Crippen LogP contribution in [-0.2, 0) is 4.74 Å². The molecule has 0 aliphatic heterocycles. The summed E-state index contributed by atoms with van der Waals surface area (Å²) in [5.41, 5.74) is 0. The number of methoxy groups -OCH3 is 1. The molecule has 1 atom stereocenters. The van der Waals surface area contributed by atoms with Gasteiger partial charge in [0, 0.05) is 26.7 Å². The molecule has 0 fully saturated rings. The zero-order valence-corrected chi connectivity index (χ0v) is 10.4. The quantitative estimate of drug-likeness (QED) is 0.760. The fraction of sp³-hybridized carbons (Fsp3) is 0.889. The van der Waals surface area contributed by atoms with Crippen molar-refractivity contribution in [2.24, 2.45) is 0 Å². The fourth-order valence-electron chi connectivity index (χ4n) is 1.01. The molecule has 96 valence electrons. The summed E-state index contributed by atoms with van der Waals surface area (Å²) in [6.07, 6.45) is -5.02. The number of alkyl halides is 3. The van der Waals surface area contributed by atoms with Crippen molar-refractivity contribution in [2.75, 3.05) is 27.3 Å². The molecule has 1 unspecified atom stereocenters. The molecule has 0 aromatic heterocycles. The van der Waals surface area contributed by atoms with Gasteiger partial charge >= 0.3 is 6.18 Å². The SMILES string of the molecule is COCC(C)NC(=S)N(C)CCC(F)(F)F. The molecule has 1 N–H and O–H groups in total. The summed E-state index contributed by atoms with van der Waals surface area (Å²) in [7, 11) is 3.08. The number of nitrogens with one attached hydrogen (secondary N) is 1. The summed E-state index contributed by atoms with van der Waals surface area (Å²) in [5.74, 6) is 0. The Kier molecular flexibility index (Phi) is 6.66. The van der Waals surface area contributed by atoms with E-state index in [1.807, 2.05) is 6.92 Å². The molecule has 0 aromatic carbocycles. The van der Waals surface area contributed by atoms with E-state index in [0.717, 1.165) is 0 Å². The second-order valence-corrected chi connectivity index (χ2v) is 3.98. The lowest BCUT2D eigenvalue weighted by atomic mass is 10.3. The first kappa shape index (κ1) is 15.4. The van der Waals surface area contributed by atoms with Crippen LogP contribution in [0.15, 0.2) is 0 Å². The highest BCUT2D eigenvalue weighted by atomic mass is 32.1. The zero-order valence-electron chi connectivity index (χ0n) is 9.60. The number of halogens is 3. The Morgan fingerprint density at radius 3 is 2.50 bits per heavy atom. The van der Waals surface area contributed by atoms with Gasteiger partial charge in [0.25, 0.3) is 0 Å². The summed E-state index contributed by atoms with van der Waals surface area (Å²) in [6, 6.07) is -0.0224. The van der Waals surface area contributed by atoms with Crippen LogP contribution in [-0.4, -0.2) is 49.5 Å². The number of hydrogen-bond donors (Lipinski definition) is 1. The summed E-state index contributed by atoms with van der Waals surface area (Å²) < 4.78 is 40.7. The maximum atomic E-state index is 12.0. The van der Waals surface area contributed by atoms with E-state index in [0.29, 0.717) is 11.7 Å². The lowest BCUT2D eigenvalue weighted by molar-refractivity contribution is -0.135. The molecule has 0 saturated carbocycles. The van der Waals surface area contributed by atoms with Crippen molar-refractivity contribution in [3.63, 3.8) is 0 Å². The summed E-state index contributed by atoms with van der Waals surface area (Å²) in [5, 5.41) is 3.18. The zero-order chi connectivity index (χ0) is 12.8. The van der Waals surface area contributed by atoms with Crippen LogP contribution in [0.5, 0.6) is 0 Å². The van der Waals surface area contributed by atoms with Crippen molar-refractivity contribution in [1.29, 1.82) is 0 Å². The average Bonchev–Trinajstić information content (AvgIpc) is 2.13. The minimum atomic E-state index is -4.15. The van der Waals surface area contributed by atoms with Crippen molar-refractivity contribution in [3.05, 3.63) is 0 Å². The predicted molar refractivity (Wildman–Crippen MR) is 60.4 cm³/mol. The maximum Gasteiger partial charge on any atom is 0.390 e. The van der Waals surface area contributed by atoms with Crippen molar-refractivity contribution in [2.45, 2.75) is 25.6 Å². The number of rotatable bonds is 5. The molecule has 0 aromatic rings. The summed E-state index contributed by atoms with van der Waals surface area (Å²) in [6.45, 7) is 2.15. The minimum Gasteiger partial charge on any atom is -0.383 e. The monoisotopic (exact) mass is 258 g/mol. The Morgan fingerprint density at radius 2 is 2.06 bits per heavy atom. The van der Waals surface area contributed by atoms with E-state index in [2.05, 4.69) is 5.32 Å². The van der Waals surface area contributed by atoms with E-state index in [9.17, 15) is 13.2 Å². The standard InChI is InChI=1S/C9H17F3N2OS/c1-7(6-15-3)13-8(16)14(2)5-4-9(10,11)12/h7H,4-6H2,1-3H3,(H,13,16). The molecule has 0 rings (SSSR count). The van der Waals surface area contributed by atoms with E-state index in [4.69, 9.17) is 17.0 Å². The first-order chi connectivity index (χ1) is 7.26. The van der Waals surface area contributed by atoms with Crippen LogP contribution in [0.3, 0.4) is 0 Å².